The molecule has 0 fully saturated rings. The lowest BCUT2D eigenvalue weighted by Crippen LogP contribution is -2.25. The summed E-state index contributed by atoms with van der Waals surface area (Å²) < 4.78 is 0. The quantitative estimate of drug-likeness (QED) is 0.371. The molecule has 0 aromatic rings. The second kappa shape index (κ2) is 3.66. The molecule has 0 bridgehead atoms. The summed E-state index contributed by atoms with van der Waals surface area (Å²) >= 11 is 0. The Labute approximate surface area is 44.3 Å². The lowest BCUT2D eigenvalue weighted by molar-refractivity contribution is 0.388. The van der Waals surface area contributed by atoms with E-state index < -0.39 is 0 Å². The second-order valence-electron chi connectivity index (χ2n) is 1.40. The fourth-order valence-electron chi connectivity index (χ4n) is 0.220. The van der Waals surface area contributed by atoms with Crippen molar-refractivity contribution < 1.29 is 0 Å². The lowest BCUT2D eigenvalue weighted by atomic mass is 10.6. The van der Waals surface area contributed by atoms with Crippen LogP contribution in [-0.2, 0) is 0 Å². The van der Waals surface area contributed by atoms with E-state index in [-0.39, 0.29) is 0 Å². The van der Waals surface area contributed by atoms with Crippen molar-refractivity contribution in [1.29, 1.82) is 0 Å². The van der Waals surface area contributed by atoms with Gasteiger partial charge in [0.1, 0.15) is 0 Å². The van der Waals surface area contributed by atoms with E-state index in [0.29, 0.717) is 13.2 Å². The van der Waals surface area contributed by atoms with Gasteiger partial charge in [-0.05, 0) is 7.05 Å². The van der Waals surface area contributed by atoms with Gasteiger partial charge in [0.05, 0.1) is 6.54 Å². The Morgan fingerprint density at radius 1 is 1.86 bits per heavy atom. The molecule has 0 rings (SSSR count). The summed E-state index contributed by atoms with van der Waals surface area (Å²) in [5.41, 5.74) is 5.19. The molecular weight excluding hydrogens is 88.1 g/mol. The van der Waals surface area contributed by atoms with Gasteiger partial charge in [-0.1, -0.05) is 5.92 Å². The predicted octanol–water partition coefficient (Wildman–Crippen LogP) is -0.532. The molecule has 0 aliphatic heterocycles. The summed E-state index contributed by atoms with van der Waals surface area (Å²) in [7, 11) is 1.87. The smallest absolute Gasteiger partial charge is 0.0607 e. The van der Waals surface area contributed by atoms with Gasteiger partial charge in [0, 0.05) is 6.67 Å². The third-order valence-electron chi connectivity index (χ3n) is 0.673. The zero-order valence-electron chi connectivity index (χ0n) is 4.52. The van der Waals surface area contributed by atoms with Gasteiger partial charge >= 0.3 is 0 Å². The number of nitrogens with two attached hydrogens (primary N) is 1. The van der Waals surface area contributed by atoms with E-state index >= 15 is 0 Å². The van der Waals surface area contributed by atoms with Crippen LogP contribution in [0.1, 0.15) is 0 Å². The molecule has 0 heterocycles. The fourth-order valence-corrected chi connectivity index (χ4v) is 0.220. The van der Waals surface area contributed by atoms with E-state index in [1.54, 1.807) is 0 Å². The Balaban J connectivity index is 3.03. The van der Waals surface area contributed by atoms with Gasteiger partial charge in [0.25, 0.3) is 0 Å². The van der Waals surface area contributed by atoms with Crippen LogP contribution in [-0.4, -0.2) is 25.2 Å². The predicted molar refractivity (Wildman–Crippen MR) is 30.5 cm³/mol. The maximum atomic E-state index is 5.19. The number of nitrogens with zero attached hydrogens (tertiary/aromatic N) is 1. The molecule has 0 aromatic carbocycles. The first kappa shape index (κ1) is 6.48. The lowest BCUT2D eigenvalue weighted by Gasteiger charge is -2.06. The van der Waals surface area contributed by atoms with Crippen molar-refractivity contribution in [3.63, 3.8) is 0 Å². The summed E-state index contributed by atoms with van der Waals surface area (Å²) in [6, 6.07) is 0. The molecular formula is C5H10N2. The van der Waals surface area contributed by atoms with Crippen molar-refractivity contribution >= 4 is 0 Å². The zero-order chi connectivity index (χ0) is 5.70. The molecule has 2 heteroatoms. The highest BCUT2D eigenvalue weighted by molar-refractivity contribution is 4.86. The summed E-state index contributed by atoms with van der Waals surface area (Å²) in [4.78, 5) is 1.85. The van der Waals surface area contributed by atoms with Crippen molar-refractivity contribution in [3.05, 3.63) is 0 Å². The highest BCUT2D eigenvalue weighted by atomic mass is 15.1. The molecule has 0 aliphatic carbocycles. The van der Waals surface area contributed by atoms with E-state index in [1.807, 2.05) is 11.9 Å². The van der Waals surface area contributed by atoms with Crippen LogP contribution in [0.15, 0.2) is 0 Å². The average molecular weight is 98.1 g/mol. The first-order valence-electron chi connectivity index (χ1n) is 2.13. The molecule has 0 unspecified atom stereocenters. The van der Waals surface area contributed by atoms with Gasteiger partial charge in [0.2, 0.25) is 0 Å². The van der Waals surface area contributed by atoms with Gasteiger partial charge in [-0.3, -0.25) is 4.90 Å². The van der Waals surface area contributed by atoms with E-state index in [0.717, 1.165) is 0 Å². The van der Waals surface area contributed by atoms with Gasteiger partial charge in [-0.25, -0.2) is 0 Å². The summed E-state index contributed by atoms with van der Waals surface area (Å²) in [6.07, 6.45) is 4.96. The molecule has 0 atom stereocenters. The van der Waals surface area contributed by atoms with Crippen LogP contribution in [0.3, 0.4) is 0 Å². The molecule has 7 heavy (non-hydrogen) atoms. The molecule has 0 saturated heterocycles. The van der Waals surface area contributed by atoms with Crippen LogP contribution in [0.4, 0.5) is 0 Å². The zero-order valence-corrected chi connectivity index (χ0v) is 4.52. The Bertz CT molecular complexity index is 72.6. The SMILES string of the molecule is C#CCN(C)CN. The molecule has 0 radical (unpaired) electrons. The van der Waals surface area contributed by atoms with Gasteiger partial charge in [0.15, 0.2) is 0 Å². The van der Waals surface area contributed by atoms with Gasteiger partial charge in [-0.2, -0.15) is 0 Å². The Morgan fingerprint density at radius 2 is 2.43 bits per heavy atom. The molecule has 0 saturated carbocycles. The highest BCUT2D eigenvalue weighted by Crippen LogP contribution is 1.69. The van der Waals surface area contributed by atoms with E-state index in [9.17, 15) is 0 Å². The Kier molecular flexibility index (Phi) is 3.39. The van der Waals surface area contributed by atoms with Gasteiger partial charge in [-0.15, -0.1) is 6.42 Å². The molecule has 0 spiro atoms. The minimum absolute atomic E-state index is 0.532. The molecule has 40 valence electrons. The van der Waals surface area contributed by atoms with E-state index in [1.165, 1.54) is 0 Å². The minimum atomic E-state index is 0.532. The maximum absolute atomic E-state index is 5.19. The van der Waals surface area contributed by atoms with E-state index in [4.69, 9.17) is 12.2 Å². The maximum Gasteiger partial charge on any atom is 0.0607 e. The van der Waals surface area contributed by atoms with Crippen LogP contribution in [0, 0.1) is 12.3 Å². The van der Waals surface area contributed by atoms with Crippen molar-refractivity contribution in [2.45, 2.75) is 0 Å². The van der Waals surface area contributed by atoms with Crippen molar-refractivity contribution in [2.75, 3.05) is 20.3 Å². The third kappa shape index (κ3) is 3.31. The molecule has 0 amide bonds. The monoisotopic (exact) mass is 98.1 g/mol. The minimum Gasteiger partial charge on any atom is -0.318 e. The first-order chi connectivity index (χ1) is 3.31. The summed E-state index contributed by atoms with van der Waals surface area (Å²) in [5, 5.41) is 0. The third-order valence-corrected chi connectivity index (χ3v) is 0.673. The van der Waals surface area contributed by atoms with E-state index in [2.05, 4.69) is 5.92 Å². The van der Waals surface area contributed by atoms with Crippen LogP contribution < -0.4 is 5.73 Å². The van der Waals surface area contributed by atoms with Crippen molar-refractivity contribution in [2.24, 2.45) is 5.73 Å². The highest BCUT2D eigenvalue weighted by Gasteiger charge is 1.84. The first-order valence-corrected chi connectivity index (χ1v) is 2.13. The van der Waals surface area contributed by atoms with Gasteiger partial charge < -0.3 is 5.73 Å². The Morgan fingerprint density at radius 3 is 2.57 bits per heavy atom. The van der Waals surface area contributed by atoms with Crippen molar-refractivity contribution in [1.82, 2.24) is 4.90 Å². The number of hydrogen-bond acceptors (Lipinski definition) is 2. The van der Waals surface area contributed by atoms with Crippen LogP contribution in [0.2, 0.25) is 0 Å². The summed E-state index contributed by atoms with van der Waals surface area (Å²) in [5.74, 6) is 2.46. The van der Waals surface area contributed by atoms with Crippen LogP contribution in [0.5, 0.6) is 0 Å². The topological polar surface area (TPSA) is 29.3 Å². The number of rotatable bonds is 2. The number of hydrogen-bond donors (Lipinski definition) is 1. The molecule has 2 N–H and O–H groups in total. The fraction of sp³-hybridized carbons (Fsp3) is 0.600. The largest absolute Gasteiger partial charge is 0.318 e. The van der Waals surface area contributed by atoms with Crippen molar-refractivity contribution in [3.8, 4) is 12.3 Å². The van der Waals surface area contributed by atoms with Crippen LogP contribution >= 0.6 is 0 Å². The average Bonchev–Trinajstić information content (AvgIpc) is 1.68. The molecule has 0 aromatic heterocycles. The second-order valence-corrected chi connectivity index (χ2v) is 1.40. The standard InChI is InChI=1S/C5H10N2/c1-3-4-7(2)5-6/h1H,4-6H2,2H3. The molecule has 2 nitrogen and oxygen atoms in total. The summed E-state index contributed by atoms with van der Waals surface area (Å²) in [6.45, 7) is 1.17. The molecule has 0 aliphatic rings. The van der Waals surface area contributed by atoms with Crippen LogP contribution in [0.25, 0.3) is 0 Å². The Hall–Kier alpha value is -0.520. The normalized spacial score (nSPS) is 8.86. The number of terminal acetylenes is 1.